The lowest BCUT2D eigenvalue weighted by Crippen LogP contribution is -2.40. The second-order valence-electron chi connectivity index (χ2n) is 7.50. The van der Waals surface area contributed by atoms with E-state index in [1.165, 1.54) is 6.42 Å². The SMILES string of the molecule is CCCC(=O)Nc1cccc(CN=C(NCC)N2CCC(C)(C)C2)c1.I. The van der Waals surface area contributed by atoms with Crippen molar-refractivity contribution in [3.8, 4) is 0 Å². The highest BCUT2D eigenvalue weighted by atomic mass is 127. The predicted molar refractivity (Wildman–Crippen MR) is 120 cm³/mol. The molecule has 1 saturated heterocycles. The van der Waals surface area contributed by atoms with Gasteiger partial charge in [0.05, 0.1) is 6.54 Å². The van der Waals surface area contributed by atoms with Crippen molar-refractivity contribution < 1.29 is 4.79 Å². The summed E-state index contributed by atoms with van der Waals surface area (Å²) in [4.78, 5) is 18.9. The van der Waals surface area contributed by atoms with E-state index < -0.39 is 0 Å². The van der Waals surface area contributed by atoms with Crippen molar-refractivity contribution in [1.82, 2.24) is 10.2 Å². The van der Waals surface area contributed by atoms with E-state index in [2.05, 4.69) is 42.4 Å². The molecular weight excluding hydrogens is 439 g/mol. The van der Waals surface area contributed by atoms with Gasteiger partial charge in [0.15, 0.2) is 5.96 Å². The minimum atomic E-state index is 0. The van der Waals surface area contributed by atoms with Gasteiger partial charge in [-0.15, -0.1) is 24.0 Å². The van der Waals surface area contributed by atoms with Crippen LogP contribution in [0.3, 0.4) is 0 Å². The zero-order chi connectivity index (χ0) is 18.3. The average molecular weight is 472 g/mol. The Morgan fingerprint density at radius 3 is 2.69 bits per heavy atom. The molecule has 0 unspecified atom stereocenters. The molecule has 2 rings (SSSR count). The van der Waals surface area contributed by atoms with Crippen LogP contribution >= 0.6 is 24.0 Å². The van der Waals surface area contributed by atoms with Gasteiger partial charge in [-0.1, -0.05) is 32.9 Å². The second-order valence-corrected chi connectivity index (χ2v) is 7.50. The molecule has 5 nitrogen and oxygen atoms in total. The maximum absolute atomic E-state index is 11.8. The van der Waals surface area contributed by atoms with E-state index in [1.807, 2.05) is 25.1 Å². The third-order valence-electron chi connectivity index (χ3n) is 4.41. The van der Waals surface area contributed by atoms with Crippen molar-refractivity contribution in [3.63, 3.8) is 0 Å². The van der Waals surface area contributed by atoms with E-state index in [0.29, 0.717) is 18.4 Å². The van der Waals surface area contributed by atoms with Crippen LogP contribution in [0.4, 0.5) is 5.69 Å². The standard InChI is InChI=1S/C20H32N4O.HI/c1-5-8-18(25)23-17-10-7-9-16(13-17)14-22-19(21-6-2)24-12-11-20(3,4)15-24;/h7,9-10,13H,5-6,8,11-12,14-15H2,1-4H3,(H,21,22)(H,23,25);1H. The fourth-order valence-electron chi connectivity index (χ4n) is 3.08. The Balaban J connectivity index is 0.00000338. The summed E-state index contributed by atoms with van der Waals surface area (Å²) in [5.74, 6) is 1.05. The molecule has 0 saturated carbocycles. The van der Waals surface area contributed by atoms with Crippen molar-refractivity contribution in [2.24, 2.45) is 10.4 Å². The molecule has 1 aromatic rings. The summed E-state index contributed by atoms with van der Waals surface area (Å²) in [6, 6.07) is 7.96. The van der Waals surface area contributed by atoms with Crippen molar-refractivity contribution in [2.75, 3.05) is 25.0 Å². The van der Waals surface area contributed by atoms with E-state index in [0.717, 1.165) is 43.3 Å². The van der Waals surface area contributed by atoms with Gasteiger partial charge in [-0.25, -0.2) is 4.99 Å². The summed E-state index contributed by atoms with van der Waals surface area (Å²) < 4.78 is 0. The van der Waals surface area contributed by atoms with Gasteiger partial charge in [-0.05, 0) is 42.9 Å². The number of amides is 1. The van der Waals surface area contributed by atoms with Gasteiger partial charge in [0.25, 0.3) is 0 Å². The molecule has 0 radical (unpaired) electrons. The lowest BCUT2D eigenvalue weighted by molar-refractivity contribution is -0.116. The van der Waals surface area contributed by atoms with Crippen LogP contribution < -0.4 is 10.6 Å². The lowest BCUT2D eigenvalue weighted by Gasteiger charge is -2.23. The number of likely N-dealkylation sites (tertiary alicyclic amines) is 1. The van der Waals surface area contributed by atoms with Crippen molar-refractivity contribution in [3.05, 3.63) is 29.8 Å². The van der Waals surface area contributed by atoms with Gasteiger partial charge in [0.1, 0.15) is 0 Å². The van der Waals surface area contributed by atoms with Crippen molar-refractivity contribution in [1.29, 1.82) is 0 Å². The van der Waals surface area contributed by atoms with E-state index in [9.17, 15) is 4.79 Å². The molecule has 1 aliphatic rings. The molecule has 1 amide bonds. The van der Waals surface area contributed by atoms with Gasteiger partial charge in [-0.3, -0.25) is 4.79 Å². The molecule has 0 aromatic heterocycles. The highest BCUT2D eigenvalue weighted by Crippen LogP contribution is 2.28. The molecule has 1 aliphatic heterocycles. The number of hydrogen-bond donors (Lipinski definition) is 2. The Bertz CT molecular complexity index is 616. The first-order chi connectivity index (χ1) is 11.9. The molecule has 146 valence electrons. The van der Waals surface area contributed by atoms with Crippen LogP contribution in [-0.2, 0) is 11.3 Å². The summed E-state index contributed by atoms with van der Waals surface area (Å²) >= 11 is 0. The topological polar surface area (TPSA) is 56.7 Å². The Kier molecular flexibility index (Phi) is 9.39. The highest BCUT2D eigenvalue weighted by Gasteiger charge is 2.30. The fourth-order valence-corrected chi connectivity index (χ4v) is 3.08. The number of aliphatic imine (C=N–C) groups is 1. The summed E-state index contributed by atoms with van der Waals surface area (Å²) in [6.45, 7) is 12.3. The molecule has 1 heterocycles. The predicted octanol–water partition coefficient (Wildman–Crippen LogP) is 4.24. The first kappa shape index (κ1) is 22.7. The molecule has 0 atom stereocenters. The van der Waals surface area contributed by atoms with E-state index in [4.69, 9.17) is 4.99 Å². The minimum Gasteiger partial charge on any atom is -0.357 e. The second kappa shape index (κ2) is 10.7. The Labute approximate surface area is 175 Å². The third-order valence-corrected chi connectivity index (χ3v) is 4.41. The molecule has 0 aliphatic carbocycles. The van der Waals surface area contributed by atoms with E-state index in [1.54, 1.807) is 0 Å². The number of benzene rings is 1. The number of anilines is 1. The number of guanidine groups is 1. The van der Waals surface area contributed by atoms with Gasteiger partial charge >= 0.3 is 0 Å². The largest absolute Gasteiger partial charge is 0.357 e. The number of carbonyl (C=O) groups excluding carboxylic acids is 1. The quantitative estimate of drug-likeness (QED) is 0.370. The molecule has 1 fully saturated rings. The molecule has 0 spiro atoms. The van der Waals surface area contributed by atoms with Crippen LogP contribution in [0.5, 0.6) is 0 Å². The highest BCUT2D eigenvalue weighted by molar-refractivity contribution is 14.0. The van der Waals surface area contributed by atoms with Gasteiger partial charge in [0.2, 0.25) is 5.91 Å². The van der Waals surface area contributed by atoms with Crippen LogP contribution in [-0.4, -0.2) is 36.4 Å². The number of hydrogen-bond acceptors (Lipinski definition) is 2. The average Bonchev–Trinajstić information content (AvgIpc) is 2.92. The fraction of sp³-hybridized carbons (Fsp3) is 0.600. The van der Waals surface area contributed by atoms with Gasteiger partial charge < -0.3 is 15.5 Å². The first-order valence-electron chi connectivity index (χ1n) is 9.35. The number of halogens is 1. The van der Waals surface area contributed by atoms with Crippen molar-refractivity contribution in [2.45, 2.75) is 53.5 Å². The number of carbonyl (C=O) groups is 1. The van der Waals surface area contributed by atoms with E-state index in [-0.39, 0.29) is 29.9 Å². The maximum Gasteiger partial charge on any atom is 0.224 e. The van der Waals surface area contributed by atoms with Crippen LogP contribution in [0, 0.1) is 5.41 Å². The zero-order valence-electron chi connectivity index (χ0n) is 16.5. The Morgan fingerprint density at radius 1 is 1.31 bits per heavy atom. The normalized spacial score (nSPS) is 16.2. The minimum absolute atomic E-state index is 0. The number of rotatable bonds is 6. The van der Waals surface area contributed by atoms with Crippen LogP contribution in [0.25, 0.3) is 0 Å². The lowest BCUT2D eigenvalue weighted by atomic mass is 9.93. The molecule has 6 heteroatoms. The smallest absolute Gasteiger partial charge is 0.224 e. The van der Waals surface area contributed by atoms with Gasteiger partial charge in [-0.2, -0.15) is 0 Å². The van der Waals surface area contributed by atoms with E-state index >= 15 is 0 Å². The first-order valence-corrected chi connectivity index (χ1v) is 9.35. The number of nitrogens with one attached hydrogen (secondary N) is 2. The Hall–Kier alpha value is -1.31. The zero-order valence-corrected chi connectivity index (χ0v) is 18.8. The summed E-state index contributed by atoms with van der Waals surface area (Å²) in [7, 11) is 0. The molecule has 1 aromatic carbocycles. The van der Waals surface area contributed by atoms with Gasteiger partial charge in [0, 0.05) is 31.7 Å². The molecular formula is C20H33IN4O. The molecule has 2 N–H and O–H groups in total. The van der Waals surface area contributed by atoms with Crippen LogP contribution in [0.15, 0.2) is 29.3 Å². The summed E-state index contributed by atoms with van der Waals surface area (Å²) in [5, 5.41) is 6.35. The maximum atomic E-state index is 11.8. The summed E-state index contributed by atoms with van der Waals surface area (Å²) in [5.41, 5.74) is 2.29. The van der Waals surface area contributed by atoms with Crippen molar-refractivity contribution >= 4 is 41.5 Å². The monoisotopic (exact) mass is 472 g/mol. The third kappa shape index (κ3) is 7.13. The number of nitrogens with zero attached hydrogens (tertiary/aromatic N) is 2. The summed E-state index contributed by atoms with van der Waals surface area (Å²) in [6.07, 6.45) is 2.60. The Morgan fingerprint density at radius 2 is 2.08 bits per heavy atom. The molecule has 0 bridgehead atoms. The molecule has 26 heavy (non-hydrogen) atoms. The van der Waals surface area contributed by atoms with Crippen LogP contribution in [0.2, 0.25) is 0 Å². The van der Waals surface area contributed by atoms with Crippen LogP contribution in [0.1, 0.15) is 52.5 Å².